The fraction of sp³-hybridized carbons (Fsp3) is 0.0909. The highest BCUT2D eigenvalue weighted by atomic mass is 35.5. The topological polar surface area (TPSA) is 0 Å². The minimum absolute atomic E-state index is 0.0936. The smallest absolute Gasteiger partial charge is 0.0763 e. The Morgan fingerprint density at radius 3 is 2.17 bits per heavy atom. The molecule has 0 radical (unpaired) electrons. The van der Waals surface area contributed by atoms with Gasteiger partial charge in [0.05, 0.1) is 5.38 Å². The van der Waals surface area contributed by atoms with Gasteiger partial charge in [-0.25, -0.2) is 0 Å². The Kier molecular flexibility index (Phi) is 3.12. The maximum atomic E-state index is 5.94. The molecule has 1 heteroatoms. The first-order valence-corrected chi connectivity index (χ1v) is 4.20. The molecule has 0 spiro atoms. The summed E-state index contributed by atoms with van der Waals surface area (Å²) in [5, 5.41) is -0.0936. The zero-order valence-corrected chi connectivity index (χ0v) is 7.59. The van der Waals surface area contributed by atoms with Crippen molar-refractivity contribution in [1.82, 2.24) is 0 Å². The summed E-state index contributed by atoms with van der Waals surface area (Å²) in [6, 6.07) is 7.94. The van der Waals surface area contributed by atoms with Crippen molar-refractivity contribution in [2.24, 2.45) is 0 Å². The van der Waals surface area contributed by atoms with Gasteiger partial charge in [0.15, 0.2) is 0 Å². The highest BCUT2D eigenvalue weighted by Crippen LogP contribution is 2.21. The number of allylic oxidation sites excluding steroid dienone is 1. The van der Waals surface area contributed by atoms with Crippen molar-refractivity contribution in [3.8, 4) is 0 Å². The number of alkyl halides is 1. The van der Waals surface area contributed by atoms with E-state index in [0.717, 1.165) is 11.1 Å². The Hall–Kier alpha value is -1.01. The molecule has 0 saturated heterocycles. The highest BCUT2D eigenvalue weighted by Gasteiger charge is 2.00. The second-order valence-electron chi connectivity index (χ2n) is 2.51. The van der Waals surface area contributed by atoms with E-state index in [0.29, 0.717) is 0 Å². The summed E-state index contributed by atoms with van der Waals surface area (Å²) in [5.41, 5.74) is 2.17. The van der Waals surface area contributed by atoms with Crippen molar-refractivity contribution in [2.45, 2.75) is 5.38 Å². The van der Waals surface area contributed by atoms with Crippen molar-refractivity contribution in [1.29, 1.82) is 0 Å². The number of hydrogen-bond donors (Lipinski definition) is 0. The maximum absolute atomic E-state index is 5.94. The predicted octanol–water partition coefficient (Wildman–Crippen LogP) is 3.80. The van der Waals surface area contributed by atoms with Gasteiger partial charge in [-0.1, -0.05) is 43.0 Å². The van der Waals surface area contributed by atoms with E-state index in [-0.39, 0.29) is 5.38 Å². The Labute approximate surface area is 78.2 Å². The molecule has 0 bridgehead atoms. The average molecular weight is 179 g/mol. The molecule has 0 aliphatic carbocycles. The van der Waals surface area contributed by atoms with Gasteiger partial charge in [0, 0.05) is 0 Å². The van der Waals surface area contributed by atoms with E-state index < -0.39 is 0 Å². The Bertz CT molecular complexity index is 272. The Morgan fingerprint density at radius 2 is 1.75 bits per heavy atom. The van der Waals surface area contributed by atoms with Crippen LogP contribution in [0.3, 0.4) is 0 Å². The molecule has 0 saturated carbocycles. The van der Waals surface area contributed by atoms with E-state index in [1.54, 1.807) is 12.2 Å². The van der Waals surface area contributed by atoms with Gasteiger partial charge in [-0.05, 0) is 11.1 Å². The summed E-state index contributed by atoms with van der Waals surface area (Å²) in [6.45, 7) is 7.30. The first-order valence-electron chi connectivity index (χ1n) is 3.77. The Morgan fingerprint density at radius 1 is 1.17 bits per heavy atom. The van der Waals surface area contributed by atoms with Gasteiger partial charge in [-0.3, -0.25) is 0 Å². The molecule has 1 unspecified atom stereocenters. The van der Waals surface area contributed by atoms with Gasteiger partial charge >= 0.3 is 0 Å². The van der Waals surface area contributed by atoms with Gasteiger partial charge in [0.1, 0.15) is 0 Å². The standard InChI is InChI=1S/C11H11Cl/c1-3-9-5-7-10(8-6-9)11(12)4-2/h3-8,11H,1-2H2. The van der Waals surface area contributed by atoms with Crippen LogP contribution in [0, 0.1) is 0 Å². The van der Waals surface area contributed by atoms with Crippen LogP contribution in [0.1, 0.15) is 16.5 Å². The molecule has 1 aromatic carbocycles. The van der Waals surface area contributed by atoms with Crippen LogP contribution in [-0.4, -0.2) is 0 Å². The minimum atomic E-state index is -0.0936. The van der Waals surface area contributed by atoms with Gasteiger partial charge in [0.25, 0.3) is 0 Å². The second kappa shape index (κ2) is 4.13. The van der Waals surface area contributed by atoms with Crippen molar-refractivity contribution < 1.29 is 0 Å². The van der Waals surface area contributed by atoms with Crippen molar-refractivity contribution in [2.75, 3.05) is 0 Å². The van der Waals surface area contributed by atoms with Crippen LogP contribution in [-0.2, 0) is 0 Å². The molecule has 0 fully saturated rings. The fourth-order valence-corrected chi connectivity index (χ4v) is 1.10. The van der Waals surface area contributed by atoms with E-state index in [2.05, 4.69) is 13.2 Å². The molecule has 0 aliphatic rings. The molecule has 0 amide bonds. The minimum Gasteiger partial charge on any atom is -0.113 e. The Balaban J connectivity index is 2.91. The summed E-state index contributed by atoms with van der Waals surface area (Å²) in [4.78, 5) is 0. The SMILES string of the molecule is C=Cc1ccc(C(Cl)C=C)cc1. The summed E-state index contributed by atoms with van der Waals surface area (Å²) in [7, 11) is 0. The van der Waals surface area contributed by atoms with E-state index >= 15 is 0 Å². The lowest BCUT2D eigenvalue weighted by Gasteiger charge is -2.03. The second-order valence-corrected chi connectivity index (χ2v) is 2.98. The van der Waals surface area contributed by atoms with Crippen molar-refractivity contribution in [3.63, 3.8) is 0 Å². The third-order valence-electron chi connectivity index (χ3n) is 1.70. The van der Waals surface area contributed by atoms with Crippen molar-refractivity contribution >= 4 is 17.7 Å². The van der Waals surface area contributed by atoms with Crippen LogP contribution in [0.5, 0.6) is 0 Å². The molecule has 0 heterocycles. The first-order chi connectivity index (χ1) is 5.77. The summed E-state index contributed by atoms with van der Waals surface area (Å²) >= 11 is 5.94. The molecule has 1 aromatic rings. The zero-order chi connectivity index (χ0) is 8.97. The van der Waals surface area contributed by atoms with E-state index in [4.69, 9.17) is 11.6 Å². The third kappa shape index (κ3) is 1.99. The van der Waals surface area contributed by atoms with Crippen LogP contribution >= 0.6 is 11.6 Å². The van der Waals surface area contributed by atoms with Crippen LogP contribution < -0.4 is 0 Å². The summed E-state index contributed by atoms with van der Waals surface area (Å²) in [6.07, 6.45) is 3.52. The normalized spacial score (nSPS) is 12.1. The lowest BCUT2D eigenvalue weighted by atomic mass is 10.1. The molecule has 0 nitrogen and oxygen atoms in total. The molecular formula is C11H11Cl. The molecule has 1 rings (SSSR count). The van der Waals surface area contributed by atoms with E-state index in [1.807, 2.05) is 24.3 Å². The first kappa shape index (κ1) is 9.08. The molecule has 62 valence electrons. The van der Waals surface area contributed by atoms with Gasteiger partial charge < -0.3 is 0 Å². The van der Waals surface area contributed by atoms with Gasteiger partial charge in [0.2, 0.25) is 0 Å². The van der Waals surface area contributed by atoms with Gasteiger partial charge in [-0.15, -0.1) is 18.2 Å². The lowest BCUT2D eigenvalue weighted by molar-refractivity contribution is 1.22. The molecule has 1 atom stereocenters. The predicted molar refractivity (Wildman–Crippen MR) is 55.3 cm³/mol. The van der Waals surface area contributed by atoms with E-state index in [9.17, 15) is 0 Å². The number of benzene rings is 1. The van der Waals surface area contributed by atoms with Crippen LogP contribution in [0.15, 0.2) is 43.5 Å². The number of halogens is 1. The van der Waals surface area contributed by atoms with E-state index in [1.165, 1.54) is 0 Å². The molecule has 0 aliphatic heterocycles. The molecule has 0 N–H and O–H groups in total. The molecule has 0 aromatic heterocycles. The van der Waals surface area contributed by atoms with Crippen LogP contribution in [0.2, 0.25) is 0 Å². The molecular weight excluding hydrogens is 168 g/mol. The highest BCUT2D eigenvalue weighted by molar-refractivity contribution is 6.21. The van der Waals surface area contributed by atoms with Gasteiger partial charge in [-0.2, -0.15) is 0 Å². The summed E-state index contributed by atoms with van der Waals surface area (Å²) in [5.74, 6) is 0. The van der Waals surface area contributed by atoms with Crippen LogP contribution in [0.4, 0.5) is 0 Å². The average Bonchev–Trinajstić information content (AvgIpc) is 2.17. The monoisotopic (exact) mass is 178 g/mol. The maximum Gasteiger partial charge on any atom is 0.0763 e. The fourth-order valence-electron chi connectivity index (χ4n) is 0.952. The number of hydrogen-bond acceptors (Lipinski definition) is 0. The largest absolute Gasteiger partial charge is 0.113 e. The van der Waals surface area contributed by atoms with Crippen molar-refractivity contribution in [3.05, 3.63) is 54.6 Å². The number of rotatable bonds is 3. The zero-order valence-electron chi connectivity index (χ0n) is 6.83. The third-order valence-corrected chi connectivity index (χ3v) is 2.13. The quantitative estimate of drug-likeness (QED) is 0.488. The molecule has 12 heavy (non-hydrogen) atoms. The van der Waals surface area contributed by atoms with Crippen LogP contribution in [0.25, 0.3) is 6.08 Å². The lowest BCUT2D eigenvalue weighted by Crippen LogP contribution is -1.84. The summed E-state index contributed by atoms with van der Waals surface area (Å²) < 4.78 is 0.